The highest BCUT2D eigenvalue weighted by atomic mass is 16.2. The molecule has 2 heterocycles. The van der Waals surface area contributed by atoms with Crippen LogP contribution in [0.5, 0.6) is 0 Å². The third kappa shape index (κ3) is 2.00. The van der Waals surface area contributed by atoms with E-state index >= 15 is 0 Å². The van der Waals surface area contributed by atoms with Crippen molar-refractivity contribution in [1.82, 2.24) is 20.0 Å². The summed E-state index contributed by atoms with van der Waals surface area (Å²) in [5, 5.41) is 0.465. The molecule has 17 heavy (non-hydrogen) atoms. The molecule has 7 nitrogen and oxygen atoms in total. The van der Waals surface area contributed by atoms with Crippen LogP contribution in [0.4, 0.5) is 0 Å². The van der Waals surface area contributed by atoms with Crippen LogP contribution >= 0.6 is 0 Å². The second-order valence-corrected chi connectivity index (χ2v) is 3.60. The number of hydrogen-bond acceptors (Lipinski definition) is 5. The molecule has 1 amide bonds. The predicted octanol–water partition coefficient (Wildman–Crippen LogP) is -0.910. The third-order valence-electron chi connectivity index (χ3n) is 2.40. The summed E-state index contributed by atoms with van der Waals surface area (Å²) in [6.07, 6.45) is 4.40. The minimum Gasteiger partial charge on any atom is -0.293 e. The number of rotatable bonds is 2. The van der Waals surface area contributed by atoms with Crippen molar-refractivity contribution in [2.45, 2.75) is 13.5 Å². The van der Waals surface area contributed by atoms with E-state index in [4.69, 9.17) is 5.84 Å². The van der Waals surface area contributed by atoms with Crippen LogP contribution in [-0.4, -0.2) is 20.4 Å². The Morgan fingerprint density at radius 3 is 3.00 bits per heavy atom. The molecule has 2 aromatic heterocycles. The van der Waals surface area contributed by atoms with Crippen LogP contribution in [-0.2, 0) is 11.3 Å². The SMILES string of the molecule is Cc1cncc2ncn(CC(=O)NN)c(=O)c12. The average Bonchev–Trinajstić information content (AvgIpc) is 2.32. The smallest absolute Gasteiger partial charge is 0.262 e. The summed E-state index contributed by atoms with van der Waals surface area (Å²) in [7, 11) is 0. The van der Waals surface area contributed by atoms with Gasteiger partial charge in [0.2, 0.25) is 0 Å². The minimum absolute atomic E-state index is 0.153. The fourth-order valence-electron chi connectivity index (χ4n) is 1.57. The number of fused-ring (bicyclic) bond motifs is 1. The van der Waals surface area contributed by atoms with Gasteiger partial charge in [-0.2, -0.15) is 0 Å². The Balaban J connectivity index is 2.61. The normalized spacial score (nSPS) is 10.5. The highest BCUT2D eigenvalue weighted by molar-refractivity contribution is 5.80. The van der Waals surface area contributed by atoms with Crippen LogP contribution in [0.25, 0.3) is 10.9 Å². The number of carbonyl (C=O) groups excluding carboxylic acids is 1. The van der Waals surface area contributed by atoms with Crippen LogP contribution in [0.15, 0.2) is 23.5 Å². The first-order valence-corrected chi connectivity index (χ1v) is 4.92. The fourth-order valence-corrected chi connectivity index (χ4v) is 1.57. The number of nitrogens with one attached hydrogen (secondary N) is 1. The Morgan fingerprint density at radius 1 is 1.53 bits per heavy atom. The summed E-state index contributed by atoms with van der Waals surface area (Å²) in [4.78, 5) is 31.2. The zero-order valence-electron chi connectivity index (χ0n) is 9.17. The molecule has 0 spiro atoms. The first kappa shape index (κ1) is 11.2. The van der Waals surface area contributed by atoms with E-state index in [0.717, 1.165) is 5.56 Å². The Bertz CT molecular complexity index is 634. The van der Waals surface area contributed by atoms with Gasteiger partial charge < -0.3 is 0 Å². The fraction of sp³-hybridized carbons (Fsp3) is 0.200. The lowest BCUT2D eigenvalue weighted by Crippen LogP contribution is -2.36. The van der Waals surface area contributed by atoms with Gasteiger partial charge in [0.25, 0.3) is 11.5 Å². The van der Waals surface area contributed by atoms with Gasteiger partial charge in [0.1, 0.15) is 6.54 Å². The van der Waals surface area contributed by atoms with E-state index in [1.165, 1.54) is 17.1 Å². The number of nitrogens with two attached hydrogens (primary N) is 1. The molecule has 0 atom stereocenters. The maximum Gasteiger partial charge on any atom is 0.262 e. The molecule has 0 fully saturated rings. The average molecular weight is 233 g/mol. The first-order valence-electron chi connectivity index (χ1n) is 4.92. The van der Waals surface area contributed by atoms with Crippen LogP contribution in [0.1, 0.15) is 5.56 Å². The Hall–Kier alpha value is -2.28. The van der Waals surface area contributed by atoms with E-state index < -0.39 is 5.91 Å². The number of carbonyl (C=O) groups is 1. The molecule has 0 saturated heterocycles. The van der Waals surface area contributed by atoms with Crippen molar-refractivity contribution in [3.05, 3.63) is 34.6 Å². The molecule has 0 saturated carbocycles. The van der Waals surface area contributed by atoms with Gasteiger partial charge in [0.05, 0.1) is 23.4 Å². The van der Waals surface area contributed by atoms with Crippen molar-refractivity contribution >= 4 is 16.8 Å². The second-order valence-electron chi connectivity index (χ2n) is 3.60. The van der Waals surface area contributed by atoms with Gasteiger partial charge in [-0.3, -0.25) is 24.6 Å². The summed E-state index contributed by atoms with van der Waals surface area (Å²) in [5.74, 6) is 4.51. The molecule has 7 heteroatoms. The minimum atomic E-state index is -0.458. The van der Waals surface area contributed by atoms with Crippen molar-refractivity contribution in [1.29, 1.82) is 0 Å². The van der Waals surface area contributed by atoms with E-state index in [-0.39, 0.29) is 12.1 Å². The van der Waals surface area contributed by atoms with Crippen molar-refractivity contribution in [3.63, 3.8) is 0 Å². The maximum atomic E-state index is 12.1. The van der Waals surface area contributed by atoms with Gasteiger partial charge in [-0.1, -0.05) is 0 Å². The van der Waals surface area contributed by atoms with Crippen LogP contribution in [0.2, 0.25) is 0 Å². The topological polar surface area (TPSA) is 103 Å². The number of hydrogen-bond donors (Lipinski definition) is 2. The lowest BCUT2D eigenvalue weighted by molar-refractivity contribution is -0.121. The first-order chi connectivity index (χ1) is 8.13. The molecule has 0 radical (unpaired) electrons. The van der Waals surface area contributed by atoms with Crippen molar-refractivity contribution in [2.75, 3.05) is 0 Å². The largest absolute Gasteiger partial charge is 0.293 e. The molecule has 3 N–H and O–H groups in total. The van der Waals surface area contributed by atoms with Crippen LogP contribution < -0.4 is 16.8 Å². The predicted molar refractivity (Wildman–Crippen MR) is 60.9 cm³/mol. The summed E-state index contributed by atoms with van der Waals surface area (Å²) in [5.41, 5.74) is 2.92. The van der Waals surface area contributed by atoms with Gasteiger partial charge in [0, 0.05) is 6.20 Å². The monoisotopic (exact) mass is 233 g/mol. The standard InChI is InChI=1S/C10H11N5O2/c1-6-2-12-3-7-9(6)10(17)15(5-13-7)4-8(16)14-11/h2-3,5H,4,11H2,1H3,(H,14,16). The number of amides is 1. The molecule has 2 rings (SSSR count). The molecule has 2 aromatic rings. The highest BCUT2D eigenvalue weighted by Crippen LogP contribution is 2.08. The number of pyridine rings is 1. The quantitative estimate of drug-likeness (QED) is 0.397. The zero-order chi connectivity index (χ0) is 12.4. The summed E-state index contributed by atoms with van der Waals surface area (Å²) in [6.45, 7) is 1.62. The zero-order valence-corrected chi connectivity index (χ0v) is 9.17. The van der Waals surface area contributed by atoms with Gasteiger partial charge in [0.15, 0.2) is 0 Å². The van der Waals surface area contributed by atoms with Gasteiger partial charge >= 0.3 is 0 Å². The maximum absolute atomic E-state index is 12.1. The molecule has 0 bridgehead atoms. The van der Waals surface area contributed by atoms with Crippen LogP contribution in [0.3, 0.4) is 0 Å². The third-order valence-corrected chi connectivity index (χ3v) is 2.40. The molecular weight excluding hydrogens is 222 g/mol. The Labute approximate surface area is 96.3 Å². The molecule has 0 aliphatic heterocycles. The van der Waals surface area contributed by atoms with E-state index in [9.17, 15) is 9.59 Å². The van der Waals surface area contributed by atoms with Crippen molar-refractivity contribution in [2.24, 2.45) is 5.84 Å². The molecular formula is C10H11N5O2. The molecule has 88 valence electrons. The number of aromatic nitrogens is 3. The number of nitrogens with zero attached hydrogens (tertiary/aromatic N) is 3. The lowest BCUT2D eigenvalue weighted by atomic mass is 10.2. The number of hydrazine groups is 1. The molecule has 0 aliphatic carbocycles. The summed E-state index contributed by atoms with van der Waals surface area (Å²) in [6, 6.07) is 0. The van der Waals surface area contributed by atoms with Crippen molar-refractivity contribution < 1.29 is 4.79 Å². The lowest BCUT2D eigenvalue weighted by Gasteiger charge is -2.06. The van der Waals surface area contributed by atoms with E-state index in [1.807, 2.05) is 5.43 Å². The molecule has 0 unspecified atom stereocenters. The Morgan fingerprint density at radius 2 is 2.29 bits per heavy atom. The molecule has 0 aromatic carbocycles. The van der Waals surface area contributed by atoms with Gasteiger partial charge in [-0.15, -0.1) is 0 Å². The van der Waals surface area contributed by atoms with Crippen LogP contribution in [0, 0.1) is 6.92 Å². The van der Waals surface area contributed by atoms with E-state index in [0.29, 0.717) is 10.9 Å². The highest BCUT2D eigenvalue weighted by Gasteiger charge is 2.09. The van der Waals surface area contributed by atoms with E-state index in [1.54, 1.807) is 13.1 Å². The van der Waals surface area contributed by atoms with Gasteiger partial charge in [-0.25, -0.2) is 10.8 Å². The Kier molecular flexibility index (Phi) is 2.84. The summed E-state index contributed by atoms with van der Waals surface area (Å²) < 4.78 is 1.21. The molecule has 0 aliphatic rings. The van der Waals surface area contributed by atoms with Gasteiger partial charge in [-0.05, 0) is 12.5 Å². The summed E-state index contributed by atoms with van der Waals surface area (Å²) >= 11 is 0. The van der Waals surface area contributed by atoms with Crippen molar-refractivity contribution in [3.8, 4) is 0 Å². The van der Waals surface area contributed by atoms with E-state index in [2.05, 4.69) is 9.97 Å². The number of aryl methyl sites for hydroxylation is 1. The second kappa shape index (κ2) is 4.30.